The van der Waals surface area contributed by atoms with Crippen molar-refractivity contribution < 1.29 is 106 Å². The molecule has 11 amide bonds. The summed E-state index contributed by atoms with van der Waals surface area (Å²) in [4.78, 5) is 172. The fraction of sp³-hybridized carbons (Fsp3) is 0.661. The van der Waals surface area contributed by atoms with Gasteiger partial charge in [-0.1, -0.05) is 30.3 Å². The number of rotatable bonds is 32. The minimum Gasteiger partial charge on any atom is -0.480 e. The lowest BCUT2D eigenvalue weighted by atomic mass is 10.1. The first-order chi connectivity index (χ1) is 40.9. The second-order valence-corrected chi connectivity index (χ2v) is 24.3. The number of benzene rings is 1. The molecule has 0 bridgehead atoms. The molecule has 0 aliphatic carbocycles. The number of nitrogens with zero attached hydrogens (tertiary/aromatic N) is 1. The van der Waals surface area contributed by atoms with Gasteiger partial charge in [0.2, 0.25) is 35.4 Å². The second-order valence-electron chi connectivity index (χ2n) is 24.3. The monoisotopic (exact) mass is 1270 g/mol. The highest BCUT2D eigenvalue weighted by Gasteiger charge is 2.36. The van der Waals surface area contributed by atoms with Crippen LogP contribution >= 0.6 is 0 Å². The first-order valence-electron chi connectivity index (χ1n) is 28.4. The van der Waals surface area contributed by atoms with Gasteiger partial charge in [0.1, 0.15) is 78.4 Å². The number of nitrogens with one attached hydrogen (secondary N) is 10. The average molecular weight is 1270 g/mol. The van der Waals surface area contributed by atoms with Crippen molar-refractivity contribution in [2.24, 2.45) is 0 Å². The maximum atomic E-state index is 14.1. The topological polar surface area (TPSA) is 473 Å². The van der Waals surface area contributed by atoms with Crippen molar-refractivity contribution in [2.45, 2.75) is 200 Å². The molecule has 89 heavy (non-hydrogen) atoms. The molecular formula is C56H91N11O22. The average Bonchev–Trinajstić information content (AvgIpc) is 3.52. The summed E-state index contributed by atoms with van der Waals surface area (Å²) in [6.45, 7) is 17.1. The summed E-state index contributed by atoms with van der Waals surface area (Å²) in [5, 5.41) is 64.3. The normalized spacial score (nSPS) is 14.2. The van der Waals surface area contributed by atoms with E-state index in [1.165, 1.54) is 0 Å². The van der Waals surface area contributed by atoms with Crippen LogP contribution in [0, 0.1) is 0 Å². The zero-order valence-electron chi connectivity index (χ0n) is 52.9. The van der Waals surface area contributed by atoms with Crippen LogP contribution in [0.2, 0.25) is 0 Å². The number of carboxylic acids is 2. The van der Waals surface area contributed by atoms with E-state index in [9.17, 15) is 82.8 Å². The Morgan fingerprint density at radius 1 is 0.427 bits per heavy atom. The van der Waals surface area contributed by atoms with Gasteiger partial charge in [-0.2, -0.15) is 0 Å². The third-order valence-corrected chi connectivity index (χ3v) is 11.2. The van der Waals surface area contributed by atoms with Crippen LogP contribution < -0.4 is 53.2 Å². The van der Waals surface area contributed by atoms with Crippen molar-refractivity contribution in [1.82, 2.24) is 58.1 Å². The van der Waals surface area contributed by atoms with Crippen molar-refractivity contribution >= 4 is 77.8 Å². The molecule has 0 aliphatic rings. The van der Waals surface area contributed by atoms with Gasteiger partial charge in [-0.05, 0) is 128 Å². The van der Waals surface area contributed by atoms with Gasteiger partial charge in [0.15, 0.2) is 0 Å². The van der Waals surface area contributed by atoms with Gasteiger partial charge < -0.3 is 97.3 Å². The van der Waals surface area contributed by atoms with Crippen LogP contribution in [0.25, 0.3) is 0 Å². The van der Waals surface area contributed by atoms with E-state index in [2.05, 4.69) is 53.2 Å². The first-order valence-corrected chi connectivity index (χ1v) is 28.4. The Morgan fingerprint density at radius 2 is 0.719 bits per heavy atom. The Bertz CT molecular complexity index is 2430. The third kappa shape index (κ3) is 35.0. The molecule has 0 aromatic heterocycles. The van der Waals surface area contributed by atoms with Crippen molar-refractivity contribution in [2.75, 3.05) is 39.3 Å². The maximum Gasteiger partial charge on any atom is 0.411 e. The molecule has 0 fully saturated rings. The van der Waals surface area contributed by atoms with Gasteiger partial charge in [-0.15, -0.1) is 0 Å². The van der Waals surface area contributed by atoms with Crippen LogP contribution in [-0.4, -0.2) is 213 Å². The van der Waals surface area contributed by atoms with Gasteiger partial charge in [-0.25, -0.2) is 33.6 Å². The molecule has 0 radical (unpaired) electrons. The van der Waals surface area contributed by atoms with E-state index in [4.69, 9.17) is 23.7 Å². The number of amides is 11. The lowest BCUT2D eigenvalue weighted by Gasteiger charge is -2.28. The largest absolute Gasteiger partial charge is 0.480 e. The molecule has 0 saturated heterocycles. The number of ether oxygens (including phenoxy) is 5. The summed E-state index contributed by atoms with van der Waals surface area (Å²) in [6, 6.07) is -2.64. The fourth-order valence-corrected chi connectivity index (χ4v) is 7.25. The van der Waals surface area contributed by atoms with Crippen LogP contribution in [0.4, 0.5) is 24.0 Å². The summed E-state index contributed by atoms with van der Waals surface area (Å²) in [5.74, 6) is -10.4. The van der Waals surface area contributed by atoms with Crippen molar-refractivity contribution in [3.63, 3.8) is 0 Å². The zero-order valence-corrected chi connectivity index (χ0v) is 52.9. The predicted octanol–water partition coefficient (Wildman–Crippen LogP) is 0.124. The molecule has 33 nitrogen and oxygen atoms in total. The predicted molar refractivity (Wildman–Crippen MR) is 314 cm³/mol. The summed E-state index contributed by atoms with van der Waals surface area (Å²) in [7, 11) is 0. The van der Waals surface area contributed by atoms with Crippen molar-refractivity contribution in [3.8, 4) is 0 Å². The van der Waals surface area contributed by atoms with Gasteiger partial charge >= 0.3 is 42.4 Å². The summed E-state index contributed by atoms with van der Waals surface area (Å²) >= 11 is 0. The summed E-state index contributed by atoms with van der Waals surface area (Å²) in [5.41, 5.74) is -3.28. The van der Waals surface area contributed by atoms with E-state index in [0.717, 1.165) is 13.8 Å². The highest BCUT2D eigenvalue weighted by atomic mass is 16.6. The van der Waals surface area contributed by atoms with Crippen molar-refractivity contribution in [1.29, 1.82) is 0 Å². The van der Waals surface area contributed by atoms with Crippen LogP contribution in [0.3, 0.4) is 0 Å². The van der Waals surface area contributed by atoms with E-state index in [1.54, 1.807) is 113 Å². The van der Waals surface area contributed by atoms with Crippen LogP contribution in [-0.2, 0) is 68.6 Å². The number of hydrogen-bond donors (Lipinski definition) is 14. The molecule has 0 aliphatic heterocycles. The van der Waals surface area contributed by atoms with Crippen LogP contribution in [0.5, 0.6) is 0 Å². The number of aliphatic hydroxyl groups is 2. The Kier molecular flexibility index (Phi) is 32.1. The van der Waals surface area contributed by atoms with E-state index in [-0.39, 0.29) is 13.1 Å². The molecule has 0 saturated carbocycles. The van der Waals surface area contributed by atoms with Crippen LogP contribution in [0.15, 0.2) is 30.3 Å². The Balaban J connectivity index is 3.68. The Hall–Kier alpha value is -8.75. The van der Waals surface area contributed by atoms with E-state index < -0.39 is 207 Å². The number of alkyl carbamates (subject to hydrolysis) is 4. The molecule has 8 atom stereocenters. The first kappa shape index (κ1) is 78.3. The third-order valence-electron chi connectivity index (χ3n) is 11.2. The van der Waals surface area contributed by atoms with Gasteiger partial charge in [-0.3, -0.25) is 33.7 Å². The molecule has 33 heteroatoms. The second kappa shape index (κ2) is 36.5. The molecule has 8 unspecified atom stereocenters. The highest BCUT2D eigenvalue weighted by molar-refractivity contribution is 5.96. The molecule has 1 aromatic rings. The number of hydrogen-bond acceptors (Lipinski definition) is 20. The molecule has 1 rings (SSSR count). The Labute approximate surface area is 516 Å². The fourth-order valence-electron chi connectivity index (χ4n) is 7.25. The standard InChI is InChI=1S/C56H91N11O22/c1-31(68)40(44(74)63-36(46(76)77)22-26-59-50(82)88-55(9,10)11)65-42(72)34(20-24-57-48(80)86-53(3,4)5)61-38(70)28-67(52(84)85-30-33-18-16-15-17-19-33)29-39(71)62-35(21-25-58-49(81)87-54(6,7)8)43(73)66-41(32(2)69)45(75)64-37(47(78)79)23-27-60-51(83)89-56(12,13)14/h15-19,31-32,34-37,40-41,68-69H,20-30H2,1-14H3,(H,57,80)(H,58,81)(H,59,82)(H,60,83)(H,61,70)(H,62,71)(H,63,74)(H,64,75)(H,65,72)(H,66,73)(H,76,77)(H,78,79). The Morgan fingerprint density at radius 3 is 0.989 bits per heavy atom. The zero-order chi connectivity index (χ0) is 68.2. The number of aliphatic carboxylic acids is 2. The molecule has 0 heterocycles. The van der Waals surface area contributed by atoms with E-state index in [0.29, 0.717) is 10.5 Å². The number of aliphatic hydroxyl groups excluding tert-OH is 2. The highest BCUT2D eigenvalue weighted by Crippen LogP contribution is 2.12. The molecule has 1 aromatic carbocycles. The van der Waals surface area contributed by atoms with Gasteiger partial charge in [0, 0.05) is 26.2 Å². The van der Waals surface area contributed by atoms with Gasteiger partial charge in [0.05, 0.1) is 12.2 Å². The molecule has 502 valence electrons. The van der Waals surface area contributed by atoms with Crippen molar-refractivity contribution in [3.05, 3.63) is 35.9 Å². The number of carbonyl (C=O) groups is 13. The number of carbonyl (C=O) groups excluding carboxylic acids is 11. The lowest BCUT2D eigenvalue weighted by molar-refractivity contribution is -0.143. The quantitative estimate of drug-likeness (QED) is 0.0426. The summed E-state index contributed by atoms with van der Waals surface area (Å²) in [6.07, 6.45) is -10.2. The smallest absolute Gasteiger partial charge is 0.411 e. The van der Waals surface area contributed by atoms with Gasteiger partial charge in [0.25, 0.3) is 0 Å². The van der Waals surface area contributed by atoms with E-state index >= 15 is 0 Å². The number of carboxylic acid groups (broad SMARTS) is 2. The van der Waals surface area contributed by atoms with E-state index in [1.807, 2.05) is 0 Å². The molecular weight excluding hydrogens is 1180 g/mol. The minimum absolute atomic E-state index is 0.304. The maximum absolute atomic E-state index is 14.1. The summed E-state index contributed by atoms with van der Waals surface area (Å²) < 4.78 is 26.2. The minimum atomic E-state index is -1.91. The van der Waals surface area contributed by atoms with Crippen LogP contribution in [0.1, 0.15) is 128 Å². The SMILES string of the molecule is CC(O)C(NC(=O)C(CCNC(=O)OC(C)(C)C)NC(=O)CN(CC(=O)NC(CCNC(=O)OC(C)(C)C)C(=O)NC(C(=O)NC(CCNC(=O)OC(C)(C)C)C(=O)O)C(C)O)C(=O)OCc1ccccc1)C(=O)NC(CCNC(=O)OC(C)(C)C)C(=O)O. The molecule has 14 N–H and O–H groups in total. The lowest BCUT2D eigenvalue weighted by Crippen LogP contribution is -2.60. The molecule has 0 spiro atoms.